The third-order valence-corrected chi connectivity index (χ3v) is 6.59. The molecule has 1 aromatic heterocycles. The van der Waals surface area contributed by atoms with E-state index in [4.69, 9.17) is 0 Å². The normalized spacial score (nSPS) is 24.7. The number of aromatic hydroxyl groups is 1. The molecule has 2 aliphatic heterocycles. The number of carbonyl (C=O) groups excluding carboxylic acids is 2. The van der Waals surface area contributed by atoms with E-state index in [0.29, 0.717) is 12.8 Å². The molecule has 2 aliphatic rings. The van der Waals surface area contributed by atoms with Crippen molar-refractivity contribution in [3.8, 4) is 5.75 Å². The number of carbonyl (C=O) groups is 2. The van der Waals surface area contributed by atoms with Gasteiger partial charge in [-0.2, -0.15) is 0 Å². The second kappa shape index (κ2) is 7.74. The lowest BCUT2D eigenvalue weighted by Gasteiger charge is -2.41. The highest BCUT2D eigenvalue weighted by atomic mass is 19.1. The number of hydrogen-bond donors (Lipinski definition) is 3. The quantitative estimate of drug-likeness (QED) is 0.671. The highest BCUT2D eigenvalue weighted by Crippen LogP contribution is 2.39. The molecule has 0 unspecified atom stereocenters. The molecule has 0 radical (unpaired) electrons. The molecule has 1 fully saturated rings. The summed E-state index contributed by atoms with van der Waals surface area (Å²) in [6, 6.07) is 3.77. The fourth-order valence-corrected chi connectivity index (χ4v) is 4.50. The van der Waals surface area contributed by atoms with E-state index in [2.05, 4.69) is 5.32 Å². The maximum Gasteiger partial charge on any atom is 0.274 e. The summed E-state index contributed by atoms with van der Waals surface area (Å²) in [4.78, 5) is 40.1. The highest BCUT2D eigenvalue weighted by Gasteiger charge is 2.46. The third kappa shape index (κ3) is 3.56. The van der Waals surface area contributed by atoms with E-state index in [1.165, 1.54) is 16.8 Å². The van der Waals surface area contributed by atoms with E-state index in [1.54, 1.807) is 30.9 Å². The van der Waals surface area contributed by atoms with Crippen LogP contribution in [0.25, 0.3) is 0 Å². The lowest BCUT2D eigenvalue weighted by Crippen LogP contribution is -2.51. The van der Waals surface area contributed by atoms with Crippen molar-refractivity contribution in [2.45, 2.75) is 57.8 Å². The average molecular weight is 443 g/mol. The van der Waals surface area contributed by atoms with Crippen molar-refractivity contribution >= 4 is 11.8 Å². The molecule has 3 atom stereocenters. The Morgan fingerprint density at radius 2 is 2.06 bits per heavy atom. The van der Waals surface area contributed by atoms with Crippen molar-refractivity contribution in [3.63, 3.8) is 0 Å². The minimum absolute atomic E-state index is 0.154. The SMILES string of the molecule is Cc1ccc(CNC(=O)c2cn3c(c(O)c2=O)C(=O)N2C[C@@H]3[C@@](C)(O)CC[C@H]2C)c(F)c1. The van der Waals surface area contributed by atoms with Gasteiger partial charge in [0.15, 0.2) is 11.4 Å². The summed E-state index contributed by atoms with van der Waals surface area (Å²) >= 11 is 0. The maximum atomic E-state index is 14.1. The largest absolute Gasteiger partial charge is 0.503 e. The number of halogens is 1. The number of nitrogens with zero attached hydrogens (tertiary/aromatic N) is 2. The molecule has 3 heterocycles. The van der Waals surface area contributed by atoms with Gasteiger partial charge in [0.1, 0.15) is 11.4 Å². The molecule has 1 saturated heterocycles. The zero-order chi connectivity index (χ0) is 23.4. The van der Waals surface area contributed by atoms with Crippen molar-refractivity contribution in [3.05, 3.63) is 62.8 Å². The highest BCUT2D eigenvalue weighted by molar-refractivity contribution is 5.99. The molecular formula is C23H26FN3O5. The van der Waals surface area contributed by atoms with Crippen LogP contribution in [-0.4, -0.2) is 49.7 Å². The van der Waals surface area contributed by atoms with Gasteiger partial charge in [-0.3, -0.25) is 14.4 Å². The van der Waals surface area contributed by atoms with Gasteiger partial charge in [-0.1, -0.05) is 12.1 Å². The zero-order valence-corrected chi connectivity index (χ0v) is 18.2. The predicted molar refractivity (Wildman–Crippen MR) is 114 cm³/mol. The van der Waals surface area contributed by atoms with Crippen molar-refractivity contribution in [1.29, 1.82) is 0 Å². The number of amides is 2. The number of aromatic nitrogens is 1. The number of rotatable bonds is 3. The minimum atomic E-state index is -1.22. The van der Waals surface area contributed by atoms with E-state index in [1.807, 2.05) is 6.92 Å². The standard InChI is InChI=1S/C23H26FN3O5/c1-12-4-5-14(16(24)8-12)9-25-21(30)15-10-27-17-11-26(13(2)6-7-23(17,3)32)22(31)18(27)20(29)19(15)28/h4-5,8,10,13,17,29,32H,6-7,9,11H2,1-3H3,(H,25,30)/t13-,17-,23+/m1/s1. The summed E-state index contributed by atoms with van der Waals surface area (Å²) in [7, 11) is 0. The molecule has 8 nitrogen and oxygen atoms in total. The van der Waals surface area contributed by atoms with Crippen LogP contribution in [0.5, 0.6) is 5.75 Å². The van der Waals surface area contributed by atoms with Gasteiger partial charge in [-0.15, -0.1) is 0 Å². The van der Waals surface area contributed by atoms with Crippen LogP contribution in [-0.2, 0) is 6.54 Å². The minimum Gasteiger partial charge on any atom is -0.503 e. The molecule has 32 heavy (non-hydrogen) atoms. The number of hydrogen-bond acceptors (Lipinski definition) is 5. The molecule has 0 spiro atoms. The second-order valence-electron chi connectivity index (χ2n) is 8.97. The summed E-state index contributed by atoms with van der Waals surface area (Å²) in [6.45, 7) is 5.28. The second-order valence-corrected chi connectivity index (χ2v) is 8.97. The van der Waals surface area contributed by atoms with E-state index in [0.717, 1.165) is 5.56 Å². The third-order valence-electron chi connectivity index (χ3n) is 6.59. The van der Waals surface area contributed by atoms with Crippen molar-refractivity contribution in [1.82, 2.24) is 14.8 Å². The first-order valence-corrected chi connectivity index (χ1v) is 10.6. The summed E-state index contributed by atoms with van der Waals surface area (Å²) < 4.78 is 15.4. The first kappa shape index (κ1) is 22.0. The number of benzene rings is 1. The first-order valence-electron chi connectivity index (χ1n) is 10.6. The van der Waals surface area contributed by atoms with Crippen LogP contribution in [0, 0.1) is 12.7 Å². The number of aryl methyl sites for hydroxylation is 1. The van der Waals surface area contributed by atoms with Crippen LogP contribution in [0.4, 0.5) is 4.39 Å². The molecule has 2 aromatic rings. The molecule has 2 bridgehead atoms. The van der Waals surface area contributed by atoms with Crippen LogP contribution >= 0.6 is 0 Å². The van der Waals surface area contributed by atoms with Gasteiger partial charge < -0.3 is 25.0 Å². The van der Waals surface area contributed by atoms with Gasteiger partial charge in [0, 0.05) is 30.9 Å². The molecule has 1 aromatic carbocycles. The Morgan fingerprint density at radius 3 is 2.75 bits per heavy atom. The maximum absolute atomic E-state index is 14.1. The lowest BCUT2D eigenvalue weighted by molar-refractivity contribution is -0.00840. The zero-order valence-electron chi connectivity index (χ0n) is 18.2. The van der Waals surface area contributed by atoms with E-state index >= 15 is 0 Å². The van der Waals surface area contributed by atoms with E-state index in [-0.39, 0.29) is 36.0 Å². The lowest BCUT2D eigenvalue weighted by atomic mass is 9.90. The Balaban J connectivity index is 1.73. The molecule has 4 rings (SSSR count). The number of pyridine rings is 1. The summed E-state index contributed by atoms with van der Waals surface area (Å²) in [5.74, 6) is -2.64. The Bertz CT molecular complexity index is 1170. The predicted octanol–water partition coefficient (Wildman–Crippen LogP) is 1.86. The van der Waals surface area contributed by atoms with Crippen LogP contribution < -0.4 is 10.7 Å². The van der Waals surface area contributed by atoms with Gasteiger partial charge >= 0.3 is 0 Å². The molecule has 170 valence electrons. The van der Waals surface area contributed by atoms with E-state index < -0.39 is 40.5 Å². The van der Waals surface area contributed by atoms with E-state index in [9.17, 15) is 29.0 Å². The Kier molecular flexibility index (Phi) is 5.32. The first-order chi connectivity index (χ1) is 15.0. The Morgan fingerprint density at radius 1 is 1.34 bits per heavy atom. The van der Waals surface area contributed by atoms with Gasteiger partial charge in [0.2, 0.25) is 5.43 Å². The van der Waals surface area contributed by atoms with Crippen molar-refractivity contribution < 1.29 is 24.2 Å². The Hall–Kier alpha value is -3.20. The fraction of sp³-hybridized carbons (Fsp3) is 0.435. The molecule has 3 N–H and O–H groups in total. The van der Waals surface area contributed by atoms with Gasteiger partial charge in [0.05, 0.1) is 11.6 Å². The number of fused-ring (bicyclic) bond motifs is 4. The van der Waals surface area contributed by atoms with Crippen molar-refractivity contribution in [2.75, 3.05) is 6.54 Å². The molecule has 9 heteroatoms. The number of aliphatic hydroxyl groups is 1. The smallest absolute Gasteiger partial charge is 0.274 e. The van der Waals surface area contributed by atoms with Gasteiger partial charge in [-0.05, 0) is 45.2 Å². The fourth-order valence-electron chi connectivity index (χ4n) is 4.50. The molecule has 0 saturated carbocycles. The van der Waals surface area contributed by atoms with Crippen LogP contribution in [0.3, 0.4) is 0 Å². The summed E-state index contributed by atoms with van der Waals surface area (Å²) in [5, 5.41) is 24.2. The topological polar surface area (TPSA) is 112 Å². The van der Waals surface area contributed by atoms with Gasteiger partial charge in [-0.25, -0.2) is 4.39 Å². The average Bonchev–Trinajstić information content (AvgIpc) is 2.83. The van der Waals surface area contributed by atoms with Crippen molar-refractivity contribution in [2.24, 2.45) is 0 Å². The molecule has 2 amide bonds. The Labute approximate surface area is 184 Å². The summed E-state index contributed by atoms with van der Waals surface area (Å²) in [6.07, 6.45) is 2.18. The van der Waals surface area contributed by atoms with Crippen LogP contribution in [0.2, 0.25) is 0 Å². The molecular weight excluding hydrogens is 417 g/mol. The monoisotopic (exact) mass is 443 g/mol. The summed E-state index contributed by atoms with van der Waals surface area (Å²) in [5.41, 5.74) is -1.84. The van der Waals surface area contributed by atoms with Crippen LogP contribution in [0.15, 0.2) is 29.2 Å². The van der Waals surface area contributed by atoms with Crippen LogP contribution in [0.1, 0.15) is 64.7 Å². The van der Waals surface area contributed by atoms with Gasteiger partial charge in [0.25, 0.3) is 11.8 Å². The number of nitrogens with one attached hydrogen (secondary N) is 1. The molecule has 0 aliphatic carbocycles.